The molecule has 26 heavy (non-hydrogen) atoms. The third kappa shape index (κ3) is 3.72. The molecule has 1 aromatic heterocycles. The van der Waals surface area contributed by atoms with E-state index in [1.54, 1.807) is 24.3 Å². The van der Waals surface area contributed by atoms with Crippen molar-refractivity contribution >= 4 is 22.8 Å². The number of fused-ring (bicyclic) bond motifs is 1. The smallest absolute Gasteiger partial charge is 0.305 e. The van der Waals surface area contributed by atoms with E-state index in [-0.39, 0.29) is 30.8 Å². The molecule has 2 aromatic carbocycles. The number of benzene rings is 2. The van der Waals surface area contributed by atoms with Crippen LogP contribution in [0.4, 0.5) is 8.78 Å². The van der Waals surface area contributed by atoms with Gasteiger partial charge in [-0.2, -0.15) is 0 Å². The van der Waals surface area contributed by atoms with E-state index < -0.39 is 23.5 Å². The number of rotatable bonds is 6. The van der Waals surface area contributed by atoms with Crippen LogP contribution in [-0.2, 0) is 11.3 Å². The molecule has 0 saturated heterocycles. The summed E-state index contributed by atoms with van der Waals surface area (Å²) < 4.78 is 32.9. The molecule has 0 spiro atoms. The molecule has 0 aliphatic heterocycles. The molecule has 1 amide bonds. The summed E-state index contributed by atoms with van der Waals surface area (Å²) in [5, 5.41) is 9.61. The van der Waals surface area contributed by atoms with Crippen molar-refractivity contribution < 1.29 is 27.9 Å². The third-order valence-corrected chi connectivity index (χ3v) is 3.91. The van der Waals surface area contributed by atoms with Crippen LogP contribution in [0.3, 0.4) is 0 Å². The Bertz CT molecular complexity index is 934. The Morgan fingerprint density at radius 3 is 2.58 bits per heavy atom. The Morgan fingerprint density at radius 2 is 1.85 bits per heavy atom. The summed E-state index contributed by atoms with van der Waals surface area (Å²) in [7, 11) is 0. The fourth-order valence-corrected chi connectivity index (χ4v) is 2.60. The van der Waals surface area contributed by atoms with E-state index in [0.29, 0.717) is 11.0 Å². The number of carboxylic acid groups (broad SMARTS) is 1. The first-order valence-corrected chi connectivity index (χ1v) is 7.88. The molecule has 0 unspecified atom stereocenters. The highest BCUT2D eigenvalue weighted by Crippen LogP contribution is 2.22. The lowest BCUT2D eigenvalue weighted by molar-refractivity contribution is -0.137. The number of amides is 1. The van der Waals surface area contributed by atoms with Gasteiger partial charge in [-0.1, -0.05) is 30.3 Å². The summed E-state index contributed by atoms with van der Waals surface area (Å²) in [4.78, 5) is 24.8. The van der Waals surface area contributed by atoms with E-state index in [1.165, 1.54) is 18.2 Å². The minimum Gasteiger partial charge on any atom is -0.481 e. The zero-order chi connectivity index (χ0) is 18.7. The lowest BCUT2D eigenvalue weighted by atomic mass is 10.1. The number of carbonyl (C=O) groups is 2. The number of aliphatic carboxylic acids is 1. The van der Waals surface area contributed by atoms with Gasteiger partial charge >= 0.3 is 5.97 Å². The summed E-state index contributed by atoms with van der Waals surface area (Å²) in [5.74, 6) is -3.78. The molecule has 0 aliphatic carbocycles. The fraction of sp³-hybridized carbons (Fsp3) is 0.158. The largest absolute Gasteiger partial charge is 0.481 e. The number of halogens is 2. The maximum absolute atomic E-state index is 13.9. The molecular formula is C19H15F2NO4. The normalized spacial score (nSPS) is 10.8. The maximum Gasteiger partial charge on any atom is 0.305 e. The van der Waals surface area contributed by atoms with Gasteiger partial charge in [0.2, 0.25) is 0 Å². The molecule has 3 rings (SSSR count). The Labute approximate surface area is 147 Å². The predicted octanol–water partition coefficient (Wildman–Crippen LogP) is 3.83. The minimum atomic E-state index is -1.10. The number of hydrogen-bond donors (Lipinski definition) is 1. The second-order valence-corrected chi connectivity index (χ2v) is 5.73. The van der Waals surface area contributed by atoms with Crippen molar-refractivity contribution in [3.63, 3.8) is 0 Å². The summed E-state index contributed by atoms with van der Waals surface area (Å²) >= 11 is 0. The van der Waals surface area contributed by atoms with Gasteiger partial charge in [0.1, 0.15) is 5.58 Å². The van der Waals surface area contributed by atoms with Crippen molar-refractivity contribution in [1.82, 2.24) is 4.90 Å². The Balaban J connectivity index is 1.90. The molecular weight excluding hydrogens is 344 g/mol. The minimum absolute atomic E-state index is 0.00778. The molecule has 3 aromatic rings. The standard InChI is InChI=1S/C19H15F2NO4/c20-14-6-3-5-13(18(14)21)11-22(9-8-17(23)24)19(25)16-10-12-4-1-2-7-15(12)26-16/h1-7,10H,8-9,11H2,(H,23,24). The monoisotopic (exact) mass is 359 g/mol. The van der Waals surface area contributed by atoms with Crippen LogP contribution >= 0.6 is 0 Å². The first-order chi connectivity index (χ1) is 12.5. The number of para-hydroxylation sites is 1. The van der Waals surface area contributed by atoms with Crippen LogP contribution in [0.5, 0.6) is 0 Å². The summed E-state index contributed by atoms with van der Waals surface area (Å²) in [6.07, 6.45) is -0.330. The second-order valence-electron chi connectivity index (χ2n) is 5.73. The van der Waals surface area contributed by atoms with E-state index in [9.17, 15) is 18.4 Å². The maximum atomic E-state index is 13.9. The third-order valence-electron chi connectivity index (χ3n) is 3.91. The number of furan rings is 1. The van der Waals surface area contributed by atoms with Gasteiger partial charge in [0.05, 0.1) is 6.42 Å². The summed E-state index contributed by atoms with van der Waals surface area (Å²) in [5.41, 5.74) is 0.464. The Hall–Kier alpha value is -3.22. The van der Waals surface area contributed by atoms with Crippen LogP contribution in [-0.4, -0.2) is 28.4 Å². The van der Waals surface area contributed by atoms with Gasteiger partial charge in [0.25, 0.3) is 5.91 Å². The van der Waals surface area contributed by atoms with Gasteiger partial charge < -0.3 is 14.4 Å². The van der Waals surface area contributed by atoms with Gasteiger partial charge in [-0.05, 0) is 18.2 Å². The number of carbonyl (C=O) groups excluding carboxylic acids is 1. The zero-order valence-electron chi connectivity index (χ0n) is 13.6. The van der Waals surface area contributed by atoms with Crippen molar-refractivity contribution in [2.75, 3.05) is 6.54 Å². The van der Waals surface area contributed by atoms with Gasteiger partial charge in [-0.25, -0.2) is 8.78 Å². The molecule has 1 heterocycles. The van der Waals surface area contributed by atoms with Crippen molar-refractivity contribution in [3.05, 3.63) is 71.5 Å². The quantitative estimate of drug-likeness (QED) is 0.726. The number of hydrogen-bond acceptors (Lipinski definition) is 3. The van der Waals surface area contributed by atoms with Crippen molar-refractivity contribution in [2.45, 2.75) is 13.0 Å². The molecule has 134 valence electrons. The number of carboxylic acids is 1. The highest BCUT2D eigenvalue weighted by atomic mass is 19.2. The fourth-order valence-electron chi connectivity index (χ4n) is 2.60. The molecule has 0 aliphatic rings. The first kappa shape index (κ1) is 17.6. The van der Waals surface area contributed by atoms with Crippen LogP contribution in [0.25, 0.3) is 11.0 Å². The molecule has 1 N–H and O–H groups in total. The average Bonchev–Trinajstić information content (AvgIpc) is 3.05. The SMILES string of the molecule is O=C(O)CCN(Cc1cccc(F)c1F)C(=O)c1cc2ccccc2o1. The van der Waals surface area contributed by atoms with E-state index >= 15 is 0 Å². The Morgan fingerprint density at radius 1 is 1.08 bits per heavy atom. The molecule has 0 saturated carbocycles. The van der Waals surface area contributed by atoms with Crippen LogP contribution in [0, 0.1) is 11.6 Å². The highest BCUT2D eigenvalue weighted by Gasteiger charge is 2.22. The van der Waals surface area contributed by atoms with Gasteiger partial charge in [-0.3, -0.25) is 9.59 Å². The first-order valence-electron chi connectivity index (χ1n) is 7.88. The van der Waals surface area contributed by atoms with E-state index in [4.69, 9.17) is 9.52 Å². The van der Waals surface area contributed by atoms with Crippen molar-refractivity contribution in [1.29, 1.82) is 0 Å². The molecule has 7 heteroatoms. The summed E-state index contributed by atoms with van der Waals surface area (Å²) in [6.45, 7) is -0.437. The number of nitrogens with zero attached hydrogens (tertiary/aromatic N) is 1. The highest BCUT2D eigenvalue weighted by molar-refractivity contribution is 5.96. The summed E-state index contributed by atoms with van der Waals surface area (Å²) in [6, 6.07) is 12.2. The second kappa shape index (κ2) is 7.35. The van der Waals surface area contributed by atoms with Crippen LogP contribution in [0.2, 0.25) is 0 Å². The molecule has 0 fully saturated rings. The van der Waals surface area contributed by atoms with Gasteiger partial charge in [-0.15, -0.1) is 0 Å². The topological polar surface area (TPSA) is 70.8 Å². The van der Waals surface area contributed by atoms with Crippen LogP contribution < -0.4 is 0 Å². The van der Waals surface area contributed by atoms with Crippen LogP contribution in [0.1, 0.15) is 22.5 Å². The molecule has 0 atom stereocenters. The lowest BCUT2D eigenvalue weighted by Crippen LogP contribution is -2.32. The molecule has 0 radical (unpaired) electrons. The molecule has 0 bridgehead atoms. The van der Waals surface area contributed by atoms with Crippen molar-refractivity contribution in [3.8, 4) is 0 Å². The van der Waals surface area contributed by atoms with Crippen molar-refractivity contribution in [2.24, 2.45) is 0 Å². The van der Waals surface area contributed by atoms with Crippen LogP contribution in [0.15, 0.2) is 52.9 Å². The lowest BCUT2D eigenvalue weighted by Gasteiger charge is -2.21. The average molecular weight is 359 g/mol. The Kier molecular flexibility index (Phi) is 4.97. The van der Waals surface area contributed by atoms with E-state index in [2.05, 4.69) is 0 Å². The van der Waals surface area contributed by atoms with Gasteiger partial charge in [0, 0.05) is 24.0 Å². The van der Waals surface area contributed by atoms with E-state index in [0.717, 1.165) is 11.0 Å². The zero-order valence-corrected chi connectivity index (χ0v) is 13.6. The predicted molar refractivity (Wildman–Crippen MR) is 89.6 cm³/mol. The molecule has 5 nitrogen and oxygen atoms in total. The van der Waals surface area contributed by atoms with E-state index in [1.807, 2.05) is 0 Å². The van der Waals surface area contributed by atoms with Gasteiger partial charge in [0.15, 0.2) is 17.4 Å².